The number of halogens is 1. The Morgan fingerprint density at radius 1 is 0.857 bits per heavy atom. The zero-order valence-corrected chi connectivity index (χ0v) is 15.4. The first kappa shape index (κ1) is 18.0. The topological polar surface area (TPSA) is 48.5 Å². The maximum absolute atomic E-state index is 13.7. The summed E-state index contributed by atoms with van der Waals surface area (Å²) >= 11 is 0. The van der Waals surface area contributed by atoms with Gasteiger partial charge in [-0.25, -0.2) is 9.37 Å². The van der Waals surface area contributed by atoms with Crippen LogP contribution in [0.5, 0.6) is 0 Å². The summed E-state index contributed by atoms with van der Waals surface area (Å²) in [7, 11) is 0. The molecule has 0 unspecified atom stereocenters. The Labute approximate surface area is 163 Å². The number of carbonyl (C=O) groups excluding carboxylic acids is 1. The summed E-state index contributed by atoms with van der Waals surface area (Å²) in [5.41, 5.74) is 1.78. The van der Waals surface area contributed by atoms with Crippen molar-refractivity contribution in [2.24, 2.45) is 0 Å². The largest absolute Gasteiger partial charge is 0.368 e. The van der Waals surface area contributed by atoms with Gasteiger partial charge < -0.3 is 15.1 Å². The van der Waals surface area contributed by atoms with E-state index in [0.717, 1.165) is 37.7 Å². The predicted molar refractivity (Wildman–Crippen MR) is 109 cm³/mol. The van der Waals surface area contributed by atoms with Crippen molar-refractivity contribution in [3.63, 3.8) is 0 Å². The standard InChI is InChI=1S/C22H21FN4O/c23-20-6-2-1-5-19(20)22(28)25-17-8-10-18(11-9-17)26-13-15-27(16-14-26)21-7-3-4-12-24-21/h1-12H,13-16H2,(H,25,28). The third-order valence-electron chi connectivity index (χ3n) is 4.86. The quantitative estimate of drug-likeness (QED) is 0.753. The predicted octanol–water partition coefficient (Wildman–Crippen LogP) is 3.80. The van der Waals surface area contributed by atoms with E-state index in [4.69, 9.17) is 0 Å². The van der Waals surface area contributed by atoms with E-state index >= 15 is 0 Å². The van der Waals surface area contributed by atoms with Gasteiger partial charge in [0.25, 0.3) is 5.91 Å². The molecule has 1 N–H and O–H groups in total. The van der Waals surface area contributed by atoms with Crippen LogP contribution in [0.3, 0.4) is 0 Å². The highest BCUT2D eigenvalue weighted by atomic mass is 19.1. The summed E-state index contributed by atoms with van der Waals surface area (Å²) in [6, 6.07) is 19.6. The minimum atomic E-state index is -0.526. The molecule has 0 saturated carbocycles. The highest BCUT2D eigenvalue weighted by Gasteiger charge is 2.18. The van der Waals surface area contributed by atoms with E-state index < -0.39 is 11.7 Å². The molecule has 5 nitrogen and oxygen atoms in total. The van der Waals surface area contributed by atoms with Crippen LogP contribution in [0.25, 0.3) is 0 Å². The van der Waals surface area contributed by atoms with Crippen molar-refractivity contribution in [3.05, 3.63) is 84.3 Å². The number of nitrogens with one attached hydrogen (secondary N) is 1. The Balaban J connectivity index is 1.36. The van der Waals surface area contributed by atoms with Gasteiger partial charge in [-0.1, -0.05) is 18.2 Å². The minimum Gasteiger partial charge on any atom is -0.368 e. The average Bonchev–Trinajstić information content (AvgIpc) is 2.75. The first-order chi connectivity index (χ1) is 13.7. The number of piperazine rings is 1. The lowest BCUT2D eigenvalue weighted by Gasteiger charge is -2.36. The lowest BCUT2D eigenvalue weighted by Crippen LogP contribution is -2.46. The second-order valence-electron chi connectivity index (χ2n) is 6.64. The second kappa shape index (κ2) is 8.08. The SMILES string of the molecule is O=C(Nc1ccc(N2CCN(c3ccccn3)CC2)cc1)c1ccccc1F. The molecule has 1 saturated heterocycles. The smallest absolute Gasteiger partial charge is 0.258 e. The van der Waals surface area contributed by atoms with Gasteiger partial charge in [0.05, 0.1) is 5.56 Å². The van der Waals surface area contributed by atoms with Crippen molar-refractivity contribution < 1.29 is 9.18 Å². The molecular formula is C22H21FN4O. The van der Waals surface area contributed by atoms with Crippen molar-refractivity contribution in [1.82, 2.24) is 4.98 Å². The second-order valence-corrected chi connectivity index (χ2v) is 6.64. The van der Waals surface area contributed by atoms with Crippen LogP contribution in [0.15, 0.2) is 72.9 Å². The average molecular weight is 376 g/mol. The van der Waals surface area contributed by atoms with Crippen molar-refractivity contribution in [1.29, 1.82) is 0 Å². The van der Waals surface area contributed by atoms with Gasteiger partial charge in [0.1, 0.15) is 11.6 Å². The molecule has 1 amide bonds. The van der Waals surface area contributed by atoms with Gasteiger partial charge in [-0.15, -0.1) is 0 Å². The van der Waals surface area contributed by atoms with Crippen LogP contribution >= 0.6 is 0 Å². The maximum atomic E-state index is 13.7. The van der Waals surface area contributed by atoms with Crippen molar-refractivity contribution >= 4 is 23.1 Å². The van der Waals surface area contributed by atoms with E-state index in [-0.39, 0.29) is 5.56 Å². The van der Waals surface area contributed by atoms with Crippen molar-refractivity contribution in [3.8, 4) is 0 Å². The fourth-order valence-electron chi connectivity index (χ4n) is 3.33. The molecule has 142 valence electrons. The number of hydrogen-bond donors (Lipinski definition) is 1. The van der Waals surface area contributed by atoms with Gasteiger partial charge >= 0.3 is 0 Å². The number of amides is 1. The summed E-state index contributed by atoms with van der Waals surface area (Å²) in [5, 5.41) is 2.74. The van der Waals surface area contributed by atoms with Gasteiger partial charge in [-0.3, -0.25) is 4.79 Å². The monoisotopic (exact) mass is 376 g/mol. The molecule has 3 aromatic rings. The summed E-state index contributed by atoms with van der Waals surface area (Å²) in [6.07, 6.45) is 1.82. The third-order valence-corrected chi connectivity index (χ3v) is 4.86. The number of hydrogen-bond acceptors (Lipinski definition) is 4. The molecule has 1 fully saturated rings. The summed E-state index contributed by atoms with van der Waals surface area (Å²) in [4.78, 5) is 21.2. The van der Waals surface area contributed by atoms with E-state index in [1.807, 2.05) is 48.7 Å². The molecule has 28 heavy (non-hydrogen) atoms. The zero-order chi connectivity index (χ0) is 19.3. The Bertz CT molecular complexity index is 938. The normalized spacial score (nSPS) is 14.0. The van der Waals surface area contributed by atoms with E-state index in [1.54, 1.807) is 12.1 Å². The van der Waals surface area contributed by atoms with Crippen LogP contribution in [0.4, 0.5) is 21.6 Å². The molecule has 0 bridgehead atoms. The van der Waals surface area contributed by atoms with Gasteiger partial charge in [0.15, 0.2) is 0 Å². The van der Waals surface area contributed by atoms with Crippen LogP contribution < -0.4 is 15.1 Å². The third kappa shape index (κ3) is 3.96. The molecule has 2 heterocycles. The number of benzene rings is 2. The van der Waals surface area contributed by atoms with Crippen LogP contribution in [0.2, 0.25) is 0 Å². The van der Waals surface area contributed by atoms with Crippen molar-refractivity contribution in [2.45, 2.75) is 0 Å². The van der Waals surface area contributed by atoms with E-state index in [9.17, 15) is 9.18 Å². The Morgan fingerprint density at radius 2 is 1.54 bits per heavy atom. The number of rotatable bonds is 4. The van der Waals surface area contributed by atoms with Gasteiger partial charge in [-0.05, 0) is 48.5 Å². The van der Waals surface area contributed by atoms with Crippen LogP contribution in [-0.4, -0.2) is 37.1 Å². The Hall–Kier alpha value is -3.41. The number of carbonyl (C=O) groups is 1. The first-order valence-electron chi connectivity index (χ1n) is 9.27. The highest BCUT2D eigenvalue weighted by Crippen LogP contribution is 2.21. The number of pyridine rings is 1. The lowest BCUT2D eigenvalue weighted by molar-refractivity contribution is 0.102. The molecule has 0 aliphatic carbocycles. The molecule has 2 aromatic carbocycles. The Morgan fingerprint density at radius 3 is 2.21 bits per heavy atom. The fourth-order valence-corrected chi connectivity index (χ4v) is 3.33. The van der Waals surface area contributed by atoms with Gasteiger partial charge in [0.2, 0.25) is 0 Å². The molecule has 0 radical (unpaired) electrons. The number of aromatic nitrogens is 1. The zero-order valence-electron chi connectivity index (χ0n) is 15.4. The van der Waals surface area contributed by atoms with E-state index in [0.29, 0.717) is 5.69 Å². The molecule has 6 heteroatoms. The van der Waals surface area contributed by atoms with Crippen LogP contribution in [0.1, 0.15) is 10.4 Å². The molecule has 0 atom stereocenters. The van der Waals surface area contributed by atoms with Crippen LogP contribution in [-0.2, 0) is 0 Å². The molecule has 4 rings (SSSR count). The van der Waals surface area contributed by atoms with E-state index in [2.05, 4.69) is 20.1 Å². The molecule has 1 aliphatic rings. The molecule has 0 spiro atoms. The van der Waals surface area contributed by atoms with Crippen LogP contribution in [0, 0.1) is 5.82 Å². The molecular weight excluding hydrogens is 355 g/mol. The summed E-state index contributed by atoms with van der Waals surface area (Å²) in [6.45, 7) is 3.61. The summed E-state index contributed by atoms with van der Waals surface area (Å²) in [5.74, 6) is 0.0329. The molecule has 1 aromatic heterocycles. The maximum Gasteiger partial charge on any atom is 0.258 e. The summed E-state index contributed by atoms with van der Waals surface area (Å²) < 4.78 is 13.7. The number of nitrogens with zero attached hydrogens (tertiary/aromatic N) is 3. The highest BCUT2D eigenvalue weighted by molar-refractivity contribution is 6.04. The van der Waals surface area contributed by atoms with Crippen molar-refractivity contribution in [2.75, 3.05) is 41.3 Å². The number of anilines is 3. The molecule has 1 aliphatic heterocycles. The van der Waals surface area contributed by atoms with E-state index in [1.165, 1.54) is 12.1 Å². The van der Waals surface area contributed by atoms with Gasteiger partial charge in [0, 0.05) is 43.8 Å². The van der Waals surface area contributed by atoms with Gasteiger partial charge in [-0.2, -0.15) is 0 Å². The fraction of sp³-hybridized carbons (Fsp3) is 0.182. The minimum absolute atomic E-state index is 0.0391. The lowest BCUT2D eigenvalue weighted by atomic mass is 10.2. The first-order valence-corrected chi connectivity index (χ1v) is 9.27. The Kier molecular flexibility index (Phi) is 5.19.